The fourth-order valence-corrected chi connectivity index (χ4v) is 3.16. The van der Waals surface area contributed by atoms with Gasteiger partial charge in [-0.15, -0.1) is 0 Å². The highest BCUT2D eigenvalue weighted by atomic mass is 16.4. The van der Waals surface area contributed by atoms with Gasteiger partial charge >= 0.3 is 5.97 Å². The molecule has 0 bridgehead atoms. The first kappa shape index (κ1) is 16.5. The van der Waals surface area contributed by atoms with Crippen molar-refractivity contribution in [3.8, 4) is 0 Å². The topological polar surface area (TPSA) is 40.5 Å². The molecule has 0 aromatic carbocycles. The van der Waals surface area contributed by atoms with Crippen LogP contribution in [-0.4, -0.2) is 35.6 Å². The van der Waals surface area contributed by atoms with Crippen LogP contribution in [-0.2, 0) is 4.79 Å². The number of unbranched alkanes of at least 4 members (excludes halogenated alkanes) is 1. The molecular formula is C16H31NO2. The maximum absolute atomic E-state index is 11.4. The normalized spacial score (nSPS) is 21.2. The zero-order valence-electron chi connectivity index (χ0n) is 13.0. The van der Waals surface area contributed by atoms with Crippen LogP contribution in [0.4, 0.5) is 0 Å². The van der Waals surface area contributed by atoms with Crippen molar-refractivity contribution in [1.29, 1.82) is 0 Å². The van der Waals surface area contributed by atoms with Crippen molar-refractivity contribution >= 4 is 5.97 Å². The molecule has 0 aromatic rings. The van der Waals surface area contributed by atoms with Gasteiger partial charge in [0.15, 0.2) is 0 Å². The molecule has 1 aliphatic heterocycles. The number of carboxylic acid groups (broad SMARTS) is 1. The molecule has 112 valence electrons. The van der Waals surface area contributed by atoms with Crippen LogP contribution in [0.1, 0.15) is 65.7 Å². The van der Waals surface area contributed by atoms with Crippen molar-refractivity contribution < 1.29 is 9.90 Å². The minimum Gasteiger partial charge on any atom is -0.481 e. The Morgan fingerprint density at radius 3 is 2.32 bits per heavy atom. The third kappa shape index (κ3) is 4.48. The first-order chi connectivity index (χ1) is 9.07. The number of hydrogen-bond donors (Lipinski definition) is 1. The zero-order valence-corrected chi connectivity index (χ0v) is 13.0. The summed E-state index contributed by atoms with van der Waals surface area (Å²) in [5, 5.41) is 9.40. The second-order valence-corrected chi connectivity index (χ2v) is 6.16. The van der Waals surface area contributed by atoms with E-state index in [1.807, 2.05) is 6.92 Å². The van der Waals surface area contributed by atoms with Gasteiger partial charge in [-0.25, -0.2) is 0 Å². The smallest absolute Gasteiger partial charge is 0.309 e. The molecule has 1 rings (SSSR count). The lowest BCUT2D eigenvalue weighted by molar-refractivity contribution is -0.152. The van der Waals surface area contributed by atoms with Crippen LogP contribution < -0.4 is 0 Å². The number of carboxylic acids is 1. The standard InChI is InChI=1S/C16H31NO2/c1-4-7-8-14(5-2)13-17-11-9-16(6-3,10-12-17)15(18)19/h14H,4-13H2,1-3H3,(H,18,19). The molecule has 1 aliphatic rings. The lowest BCUT2D eigenvalue weighted by atomic mass is 9.76. The molecule has 1 heterocycles. The highest BCUT2D eigenvalue weighted by Gasteiger charge is 2.39. The molecule has 0 aliphatic carbocycles. The van der Waals surface area contributed by atoms with Gasteiger partial charge in [0.25, 0.3) is 0 Å². The summed E-state index contributed by atoms with van der Waals surface area (Å²) < 4.78 is 0. The number of hydrogen-bond acceptors (Lipinski definition) is 2. The summed E-state index contributed by atoms with van der Waals surface area (Å²) in [7, 11) is 0. The van der Waals surface area contributed by atoms with Gasteiger partial charge in [-0.1, -0.05) is 40.0 Å². The molecule has 1 unspecified atom stereocenters. The second kappa shape index (κ2) is 7.88. The Kier molecular flexibility index (Phi) is 6.84. The van der Waals surface area contributed by atoms with Gasteiger partial charge in [0, 0.05) is 6.54 Å². The van der Waals surface area contributed by atoms with Crippen LogP contribution in [0.5, 0.6) is 0 Å². The highest BCUT2D eigenvalue weighted by Crippen LogP contribution is 2.35. The molecule has 1 saturated heterocycles. The maximum Gasteiger partial charge on any atom is 0.309 e. The summed E-state index contributed by atoms with van der Waals surface area (Å²) in [6.07, 6.45) is 7.57. The van der Waals surface area contributed by atoms with Crippen molar-refractivity contribution in [2.75, 3.05) is 19.6 Å². The number of carbonyl (C=O) groups is 1. The monoisotopic (exact) mass is 269 g/mol. The van der Waals surface area contributed by atoms with Gasteiger partial charge in [0.2, 0.25) is 0 Å². The van der Waals surface area contributed by atoms with E-state index in [-0.39, 0.29) is 0 Å². The predicted octanol–water partition coefficient (Wildman–Crippen LogP) is 3.78. The van der Waals surface area contributed by atoms with E-state index in [1.54, 1.807) is 0 Å². The number of aliphatic carboxylic acids is 1. The SMILES string of the molecule is CCCCC(CC)CN1CCC(CC)(C(=O)O)CC1. The minimum absolute atomic E-state index is 0.443. The van der Waals surface area contributed by atoms with E-state index in [1.165, 1.54) is 25.7 Å². The fraction of sp³-hybridized carbons (Fsp3) is 0.938. The zero-order chi connectivity index (χ0) is 14.3. The van der Waals surface area contributed by atoms with Crippen molar-refractivity contribution in [3.63, 3.8) is 0 Å². The Balaban J connectivity index is 2.42. The second-order valence-electron chi connectivity index (χ2n) is 6.16. The Labute approximate surface area is 118 Å². The lowest BCUT2D eigenvalue weighted by Crippen LogP contribution is -2.45. The first-order valence-corrected chi connectivity index (χ1v) is 8.03. The minimum atomic E-state index is -0.590. The van der Waals surface area contributed by atoms with Gasteiger partial charge in [0.1, 0.15) is 0 Å². The molecule has 0 radical (unpaired) electrons. The van der Waals surface area contributed by atoms with Gasteiger partial charge in [-0.3, -0.25) is 4.79 Å². The number of nitrogens with zero attached hydrogens (tertiary/aromatic N) is 1. The van der Waals surface area contributed by atoms with E-state index < -0.39 is 11.4 Å². The molecule has 1 N–H and O–H groups in total. The van der Waals surface area contributed by atoms with Crippen LogP contribution in [0.2, 0.25) is 0 Å². The third-order valence-electron chi connectivity index (χ3n) is 5.00. The van der Waals surface area contributed by atoms with Crippen molar-refractivity contribution in [3.05, 3.63) is 0 Å². The summed E-state index contributed by atoms with van der Waals surface area (Å²) in [5.74, 6) is 0.201. The summed E-state index contributed by atoms with van der Waals surface area (Å²) >= 11 is 0. The average molecular weight is 269 g/mol. The first-order valence-electron chi connectivity index (χ1n) is 8.03. The van der Waals surface area contributed by atoms with Crippen molar-refractivity contribution in [2.24, 2.45) is 11.3 Å². The van der Waals surface area contributed by atoms with E-state index >= 15 is 0 Å². The Hall–Kier alpha value is -0.570. The molecule has 3 nitrogen and oxygen atoms in total. The van der Waals surface area contributed by atoms with Crippen molar-refractivity contribution in [1.82, 2.24) is 4.90 Å². The Morgan fingerprint density at radius 2 is 1.89 bits per heavy atom. The summed E-state index contributed by atoms with van der Waals surface area (Å²) in [5.41, 5.74) is -0.443. The average Bonchev–Trinajstić information content (AvgIpc) is 2.44. The molecule has 1 fully saturated rings. The van der Waals surface area contributed by atoms with E-state index in [4.69, 9.17) is 0 Å². The summed E-state index contributed by atoms with van der Waals surface area (Å²) in [4.78, 5) is 13.9. The molecule has 1 atom stereocenters. The summed E-state index contributed by atoms with van der Waals surface area (Å²) in [6.45, 7) is 9.62. The molecular weight excluding hydrogens is 238 g/mol. The third-order valence-corrected chi connectivity index (χ3v) is 5.00. The number of rotatable bonds is 8. The highest BCUT2D eigenvalue weighted by molar-refractivity contribution is 5.74. The molecule has 19 heavy (non-hydrogen) atoms. The van der Waals surface area contributed by atoms with E-state index in [0.29, 0.717) is 0 Å². The van der Waals surface area contributed by atoms with Crippen LogP contribution in [0.15, 0.2) is 0 Å². The molecule has 0 aromatic heterocycles. The van der Waals surface area contributed by atoms with Crippen LogP contribution in [0.25, 0.3) is 0 Å². The van der Waals surface area contributed by atoms with Crippen LogP contribution in [0, 0.1) is 11.3 Å². The van der Waals surface area contributed by atoms with E-state index in [0.717, 1.165) is 44.8 Å². The molecule has 0 amide bonds. The van der Waals surface area contributed by atoms with Gasteiger partial charge in [-0.2, -0.15) is 0 Å². The largest absolute Gasteiger partial charge is 0.481 e. The fourth-order valence-electron chi connectivity index (χ4n) is 3.16. The van der Waals surface area contributed by atoms with Crippen LogP contribution >= 0.6 is 0 Å². The molecule has 0 saturated carbocycles. The lowest BCUT2D eigenvalue weighted by Gasteiger charge is -2.39. The van der Waals surface area contributed by atoms with E-state index in [2.05, 4.69) is 18.7 Å². The van der Waals surface area contributed by atoms with Gasteiger partial charge in [0.05, 0.1) is 5.41 Å². The molecule has 0 spiro atoms. The number of likely N-dealkylation sites (tertiary alicyclic amines) is 1. The summed E-state index contributed by atoms with van der Waals surface area (Å²) in [6, 6.07) is 0. The quantitative estimate of drug-likeness (QED) is 0.729. The van der Waals surface area contributed by atoms with Gasteiger partial charge < -0.3 is 10.0 Å². The predicted molar refractivity (Wildman–Crippen MR) is 79.3 cm³/mol. The number of piperidine rings is 1. The Morgan fingerprint density at radius 1 is 1.26 bits per heavy atom. The maximum atomic E-state index is 11.4. The Bertz CT molecular complexity index is 270. The molecule has 3 heteroatoms. The van der Waals surface area contributed by atoms with Crippen LogP contribution in [0.3, 0.4) is 0 Å². The van der Waals surface area contributed by atoms with Gasteiger partial charge in [-0.05, 0) is 44.7 Å². The van der Waals surface area contributed by atoms with E-state index in [9.17, 15) is 9.90 Å². The van der Waals surface area contributed by atoms with Crippen molar-refractivity contribution in [2.45, 2.75) is 65.7 Å².